The summed E-state index contributed by atoms with van der Waals surface area (Å²) in [7, 11) is 0. The average Bonchev–Trinajstić information content (AvgIpc) is 2.40. The van der Waals surface area contributed by atoms with Crippen molar-refractivity contribution in [2.24, 2.45) is 5.73 Å². The number of nitrogens with two attached hydrogens (primary N) is 1. The van der Waals surface area contributed by atoms with Crippen LogP contribution in [0.1, 0.15) is 101 Å². The summed E-state index contributed by atoms with van der Waals surface area (Å²) in [5, 5.41) is 7.73. The summed E-state index contributed by atoms with van der Waals surface area (Å²) in [6.07, 6.45) is 7.02. The molecule has 1 atom stereocenters. The van der Waals surface area contributed by atoms with Crippen LogP contribution in [0.15, 0.2) is 0 Å². The predicted molar refractivity (Wildman–Crippen MR) is 118 cm³/mol. The monoisotopic (exact) mass is 380 g/mol. The standard InChI is InChI=1S/C23H48N4/c1-10-17(24)11-12-27(18-13-20(2,3)25-21(4,5)14-18)19-15-22(6,7)26-23(8,9)16-19/h17-19,25-26H,10-16,24H2,1-9H3. The highest BCUT2D eigenvalue weighted by molar-refractivity contribution is 5.05. The van der Waals surface area contributed by atoms with Gasteiger partial charge in [0.1, 0.15) is 0 Å². The molecular weight excluding hydrogens is 332 g/mol. The first kappa shape index (κ1) is 23.1. The summed E-state index contributed by atoms with van der Waals surface area (Å²) in [5.74, 6) is 0. The molecule has 2 saturated heterocycles. The molecule has 2 heterocycles. The molecule has 0 aromatic carbocycles. The van der Waals surface area contributed by atoms with Crippen molar-refractivity contribution in [1.82, 2.24) is 15.5 Å². The van der Waals surface area contributed by atoms with E-state index < -0.39 is 0 Å². The maximum atomic E-state index is 6.34. The van der Waals surface area contributed by atoms with Gasteiger partial charge >= 0.3 is 0 Å². The SMILES string of the molecule is CCC(N)CCN(C1CC(C)(C)NC(C)(C)C1)C1CC(C)(C)NC(C)(C)C1. The Hall–Kier alpha value is -0.160. The summed E-state index contributed by atoms with van der Waals surface area (Å²) in [5.41, 5.74) is 7.05. The highest BCUT2D eigenvalue weighted by atomic mass is 15.2. The summed E-state index contributed by atoms with van der Waals surface area (Å²) < 4.78 is 0. The molecular formula is C23H48N4. The van der Waals surface area contributed by atoms with Gasteiger partial charge < -0.3 is 16.4 Å². The molecule has 27 heavy (non-hydrogen) atoms. The van der Waals surface area contributed by atoms with E-state index in [9.17, 15) is 0 Å². The van der Waals surface area contributed by atoms with Gasteiger partial charge in [-0.15, -0.1) is 0 Å². The molecule has 0 aromatic heterocycles. The Morgan fingerprint density at radius 1 is 0.778 bits per heavy atom. The topological polar surface area (TPSA) is 53.3 Å². The van der Waals surface area contributed by atoms with Crippen LogP contribution in [0.25, 0.3) is 0 Å². The lowest BCUT2D eigenvalue weighted by Gasteiger charge is -2.55. The Bertz CT molecular complexity index is 425. The van der Waals surface area contributed by atoms with Crippen molar-refractivity contribution in [2.75, 3.05) is 6.54 Å². The Kier molecular flexibility index (Phi) is 6.79. The third-order valence-electron chi connectivity index (χ3n) is 6.56. The first-order valence-electron chi connectivity index (χ1n) is 11.2. The molecule has 0 spiro atoms. The van der Waals surface area contributed by atoms with Crippen molar-refractivity contribution in [3.05, 3.63) is 0 Å². The Labute approximate surface area is 169 Å². The lowest BCUT2D eigenvalue weighted by molar-refractivity contribution is -0.00352. The zero-order chi connectivity index (χ0) is 20.7. The Balaban J connectivity index is 2.27. The van der Waals surface area contributed by atoms with Crippen molar-refractivity contribution in [1.29, 1.82) is 0 Å². The number of hydrogen-bond acceptors (Lipinski definition) is 4. The third-order valence-corrected chi connectivity index (χ3v) is 6.56. The molecule has 160 valence electrons. The van der Waals surface area contributed by atoms with E-state index in [2.05, 4.69) is 77.8 Å². The van der Waals surface area contributed by atoms with Crippen molar-refractivity contribution >= 4 is 0 Å². The van der Waals surface area contributed by atoms with E-state index in [0.29, 0.717) is 18.1 Å². The molecule has 4 nitrogen and oxygen atoms in total. The van der Waals surface area contributed by atoms with Gasteiger partial charge in [0.2, 0.25) is 0 Å². The summed E-state index contributed by atoms with van der Waals surface area (Å²) in [4.78, 5) is 2.87. The highest BCUT2D eigenvalue weighted by Gasteiger charge is 2.45. The van der Waals surface area contributed by atoms with Crippen molar-refractivity contribution < 1.29 is 0 Å². The van der Waals surface area contributed by atoms with Gasteiger partial charge in [0.05, 0.1) is 0 Å². The molecule has 0 amide bonds. The van der Waals surface area contributed by atoms with E-state index in [1.807, 2.05) is 0 Å². The molecule has 0 aliphatic carbocycles. The molecule has 4 N–H and O–H groups in total. The van der Waals surface area contributed by atoms with Crippen LogP contribution < -0.4 is 16.4 Å². The fourth-order valence-electron chi connectivity index (χ4n) is 6.19. The molecule has 2 fully saturated rings. The fourth-order valence-corrected chi connectivity index (χ4v) is 6.19. The smallest absolute Gasteiger partial charge is 0.0145 e. The van der Waals surface area contributed by atoms with E-state index in [-0.39, 0.29) is 22.2 Å². The summed E-state index contributed by atoms with van der Waals surface area (Å²) >= 11 is 0. The van der Waals surface area contributed by atoms with Crippen LogP contribution in [0.2, 0.25) is 0 Å². The number of hydrogen-bond donors (Lipinski definition) is 3. The van der Waals surface area contributed by atoms with E-state index in [0.717, 1.165) is 19.4 Å². The number of nitrogens with zero attached hydrogens (tertiary/aromatic N) is 1. The van der Waals surface area contributed by atoms with Gasteiger partial charge in [0.15, 0.2) is 0 Å². The molecule has 2 aliphatic rings. The lowest BCUT2D eigenvalue weighted by atomic mass is 9.75. The largest absolute Gasteiger partial charge is 0.328 e. The van der Waals surface area contributed by atoms with Gasteiger partial charge in [0, 0.05) is 46.8 Å². The number of nitrogens with one attached hydrogen (secondary N) is 2. The van der Waals surface area contributed by atoms with Crippen LogP contribution in [0, 0.1) is 0 Å². The second-order valence-corrected chi connectivity index (χ2v) is 12.1. The number of piperidine rings is 2. The van der Waals surface area contributed by atoms with Crippen molar-refractivity contribution in [3.63, 3.8) is 0 Å². The van der Waals surface area contributed by atoms with Crippen molar-refractivity contribution in [3.8, 4) is 0 Å². The third kappa shape index (κ3) is 6.69. The lowest BCUT2D eigenvalue weighted by Crippen LogP contribution is -2.67. The zero-order valence-electron chi connectivity index (χ0n) is 19.7. The van der Waals surface area contributed by atoms with E-state index in [1.54, 1.807) is 0 Å². The van der Waals surface area contributed by atoms with Crippen molar-refractivity contribution in [2.45, 2.75) is 141 Å². The van der Waals surface area contributed by atoms with Gasteiger partial charge in [-0.3, -0.25) is 4.90 Å². The maximum Gasteiger partial charge on any atom is 0.0145 e. The van der Waals surface area contributed by atoms with Crippen LogP contribution >= 0.6 is 0 Å². The average molecular weight is 381 g/mol. The molecule has 1 unspecified atom stereocenters. The Morgan fingerprint density at radius 2 is 1.11 bits per heavy atom. The molecule has 0 aromatic rings. The van der Waals surface area contributed by atoms with Crippen LogP contribution in [0.5, 0.6) is 0 Å². The molecule has 0 bridgehead atoms. The van der Waals surface area contributed by atoms with E-state index in [1.165, 1.54) is 25.7 Å². The Morgan fingerprint density at radius 3 is 1.41 bits per heavy atom. The maximum absolute atomic E-state index is 6.34. The normalized spacial score (nSPS) is 29.0. The minimum absolute atomic E-state index is 0.176. The van der Waals surface area contributed by atoms with Gasteiger partial charge in [-0.1, -0.05) is 6.92 Å². The minimum atomic E-state index is 0.176. The van der Waals surface area contributed by atoms with E-state index >= 15 is 0 Å². The van der Waals surface area contributed by atoms with Crippen LogP contribution in [-0.4, -0.2) is 51.7 Å². The molecule has 2 aliphatic heterocycles. The molecule has 0 radical (unpaired) electrons. The summed E-state index contributed by atoms with van der Waals surface area (Å²) in [6, 6.07) is 1.56. The van der Waals surface area contributed by atoms with Gasteiger partial charge in [-0.25, -0.2) is 0 Å². The zero-order valence-corrected chi connectivity index (χ0v) is 19.7. The molecule has 4 heteroatoms. The van der Waals surface area contributed by atoms with E-state index in [4.69, 9.17) is 5.73 Å². The highest BCUT2D eigenvalue weighted by Crippen LogP contribution is 2.38. The molecule has 2 rings (SSSR count). The summed E-state index contributed by atoms with van der Waals surface area (Å²) in [6.45, 7) is 22.3. The fraction of sp³-hybridized carbons (Fsp3) is 1.00. The quantitative estimate of drug-likeness (QED) is 0.651. The second kappa shape index (κ2) is 7.93. The first-order valence-corrected chi connectivity index (χ1v) is 11.2. The molecule has 0 saturated carbocycles. The second-order valence-electron chi connectivity index (χ2n) is 12.1. The first-order chi connectivity index (χ1) is 12.1. The van der Waals surface area contributed by atoms with Gasteiger partial charge in [-0.2, -0.15) is 0 Å². The van der Waals surface area contributed by atoms with Gasteiger partial charge in [0.25, 0.3) is 0 Å². The number of rotatable bonds is 6. The van der Waals surface area contributed by atoms with Crippen LogP contribution in [0.3, 0.4) is 0 Å². The van der Waals surface area contributed by atoms with Crippen LogP contribution in [0.4, 0.5) is 0 Å². The van der Waals surface area contributed by atoms with Gasteiger partial charge in [-0.05, 0) is 93.9 Å². The van der Waals surface area contributed by atoms with Crippen LogP contribution in [-0.2, 0) is 0 Å². The predicted octanol–water partition coefficient (Wildman–Crippen LogP) is 4.03. The minimum Gasteiger partial charge on any atom is -0.328 e.